The van der Waals surface area contributed by atoms with Gasteiger partial charge in [0.25, 0.3) is 5.69 Å². The Morgan fingerprint density at radius 1 is 1.25 bits per heavy atom. The molecule has 0 heterocycles. The number of benzene rings is 2. The maximum Gasteiger partial charge on any atom is 0.274 e. The van der Waals surface area contributed by atoms with Crippen molar-refractivity contribution < 1.29 is 14.5 Å². The molecule has 0 radical (unpaired) electrons. The van der Waals surface area contributed by atoms with E-state index in [1.165, 1.54) is 6.07 Å². The summed E-state index contributed by atoms with van der Waals surface area (Å²) in [6, 6.07) is 14.2. The third-order valence-electron chi connectivity index (χ3n) is 4.31. The van der Waals surface area contributed by atoms with Gasteiger partial charge in [-0.1, -0.05) is 30.3 Å². The molecule has 1 amide bonds. The molecule has 0 aromatic heterocycles. The highest BCUT2D eigenvalue weighted by Crippen LogP contribution is 2.47. The molecule has 24 heavy (non-hydrogen) atoms. The molecule has 0 unspecified atom stereocenters. The fourth-order valence-corrected chi connectivity index (χ4v) is 2.86. The summed E-state index contributed by atoms with van der Waals surface area (Å²) in [6.45, 7) is 0.168. The van der Waals surface area contributed by atoms with E-state index >= 15 is 0 Å². The molecule has 2 aromatic carbocycles. The van der Waals surface area contributed by atoms with Crippen molar-refractivity contribution in [1.82, 2.24) is 5.32 Å². The number of nitro benzene ring substituents is 1. The van der Waals surface area contributed by atoms with Gasteiger partial charge in [0.15, 0.2) is 0 Å². The zero-order chi connectivity index (χ0) is 17.1. The van der Waals surface area contributed by atoms with Gasteiger partial charge in [-0.05, 0) is 30.0 Å². The van der Waals surface area contributed by atoms with E-state index in [1.807, 2.05) is 24.3 Å². The third-order valence-corrected chi connectivity index (χ3v) is 4.31. The molecule has 2 atom stereocenters. The van der Waals surface area contributed by atoms with Gasteiger partial charge < -0.3 is 10.1 Å². The van der Waals surface area contributed by atoms with Crippen LogP contribution in [0.2, 0.25) is 0 Å². The van der Waals surface area contributed by atoms with E-state index in [0.717, 1.165) is 17.7 Å². The monoisotopic (exact) mass is 326 g/mol. The Morgan fingerprint density at radius 3 is 2.62 bits per heavy atom. The van der Waals surface area contributed by atoms with Crippen molar-refractivity contribution in [3.8, 4) is 5.75 Å². The fraction of sp³-hybridized carbons (Fsp3) is 0.278. The van der Waals surface area contributed by atoms with Crippen LogP contribution in [0.3, 0.4) is 0 Å². The molecule has 3 rings (SSSR count). The number of rotatable bonds is 6. The lowest BCUT2D eigenvalue weighted by Gasteiger charge is -2.06. The van der Waals surface area contributed by atoms with Crippen molar-refractivity contribution in [1.29, 1.82) is 0 Å². The van der Waals surface area contributed by atoms with Gasteiger partial charge in [0.2, 0.25) is 5.91 Å². The molecule has 6 heteroatoms. The Bertz CT molecular complexity index is 758. The fourth-order valence-electron chi connectivity index (χ4n) is 2.86. The molecule has 0 aliphatic heterocycles. The molecule has 1 aliphatic rings. The summed E-state index contributed by atoms with van der Waals surface area (Å²) in [6.07, 6.45) is 0.801. The molecule has 0 bridgehead atoms. The topological polar surface area (TPSA) is 81.5 Å². The molecular weight excluding hydrogens is 308 g/mol. The van der Waals surface area contributed by atoms with Crippen LogP contribution in [0, 0.1) is 16.0 Å². The van der Waals surface area contributed by atoms with E-state index in [1.54, 1.807) is 25.3 Å². The van der Waals surface area contributed by atoms with Crippen LogP contribution >= 0.6 is 0 Å². The summed E-state index contributed by atoms with van der Waals surface area (Å²) in [4.78, 5) is 22.8. The number of nitrogens with one attached hydrogen (secondary N) is 1. The highest BCUT2D eigenvalue weighted by Gasteiger charge is 2.43. The van der Waals surface area contributed by atoms with Gasteiger partial charge in [0.1, 0.15) is 5.75 Å². The lowest BCUT2D eigenvalue weighted by atomic mass is 10.1. The summed E-state index contributed by atoms with van der Waals surface area (Å²) in [5, 5.41) is 13.8. The molecule has 6 nitrogen and oxygen atoms in total. The first-order chi connectivity index (χ1) is 11.6. The van der Waals surface area contributed by atoms with Crippen LogP contribution in [-0.2, 0) is 11.3 Å². The van der Waals surface area contributed by atoms with Crippen molar-refractivity contribution >= 4 is 11.6 Å². The first kappa shape index (κ1) is 16.0. The molecule has 124 valence electrons. The second-order valence-corrected chi connectivity index (χ2v) is 5.83. The predicted molar refractivity (Wildman–Crippen MR) is 88.8 cm³/mol. The Kier molecular flexibility index (Phi) is 4.46. The van der Waals surface area contributed by atoms with Gasteiger partial charge in [0, 0.05) is 24.1 Å². The third kappa shape index (κ3) is 3.37. The molecule has 1 fully saturated rings. The molecule has 2 aromatic rings. The van der Waals surface area contributed by atoms with Crippen LogP contribution < -0.4 is 10.1 Å². The van der Waals surface area contributed by atoms with Crippen molar-refractivity contribution in [2.75, 3.05) is 7.11 Å². The van der Waals surface area contributed by atoms with Gasteiger partial charge in [-0.15, -0.1) is 0 Å². The zero-order valence-electron chi connectivity index (χ0n) is 13.3. The van der Waals surface area contributed by atoms with Crippen LogP contribution in [0.1, 0.15) is 23.5 Å². The number of nitrogens with zero attached hydrogens (tertiary/aromatic N) is 1. The number of carbonyl (C=O) groups is 1. The van der Waals surface area contributed by atoms with Crippen molar-refractivity contribution in [3.63, 3.8) is 0 Å². The normalized spacial score (nSPS) is 18.7. The minimum atomic E-state index is -0.432. The van der Waals surface area contributed by atoms with Gasteiger partial charge >= 0.3 is 0 Å². The molecule has 1 aliphatic carbocycles. The summed E-state index contributed by atoms with van der Waals surface area (Å²) in [5.41, 5.74) is 1.65. The van der Waals surface area contributed by atoms with Gasteiger partial charge in [-0.25, -0.2) is 0 Å². The highest BCUT2D eigenvalue weighted by molar-refractivity contribution is 5.83. The van der Waals surface area contributed by atoms with E-state index in [2.05, 4.69) is 5.32 Å². The summed E-state index contributed by atoms with van der Waals surface area (Å²) in [7, 11) is 1.62. The Balaban J connectivity index is 1.58. The molecule has 1 saturated carbocycles. The van der Waals surface area contributed by atoms with Crippen molar-refractivity contribution in [3.05, 3.63) is 69.8 Å². The van der Waals surface area contributed by atoms with Crippen LogP contribution in [-0.4, -0.2) is 17.9 Å². The Morgan fingerprint density at radius 2 is 1.96 bits per heavy atom. The number of carbonyl (C=O) groups excluding carboxylic acids is 1. The van der Waals surface area contributed by atoms with Crippen LogP contribution in [0.15, 0.2) is 48.5 Å². The van der Waals surface area contributed by atoms with E-state index in [4.69, 9.17) is 4.74 Å². The maximum absolute atomic E-state index is 12.3. The molecule has 1 N–H and O–H groups in total. The maximum atomic E-state index is 12.3. The lowest BCUT2D eigenvalue weighted by Crippen LogP contribution is -2.25. The summed E-state index contributed by atoms with van der Waals surface area (Å²) >= 11 is 0. The number of nitro groups is 1. The predicted octanol–water partition coefficient (Wildman–Crippen LogP) is 3.02. The lowest BCUT2D eigenvalue weighted by molar-refractivity contribution is -0.385. The average Bonchev–Trinajstić information content (AvgIpc) is 3.40. The van der Waals surface area contributed by atoms with E-state index in [9.17, 15) is 14.9 Å². The first-order valence-corrected chi connectivity index (χ1v) is 7.74. The van der Waals surface area contributed by atoms with E-state index in [0.29, 0.717) is 5.56 Å². The molecular formula is C18H18N2O4. The molecule has 0 saturated heterocycles. The average molecular weight is 326 g/mol. The first-order valence-electron chi connectivity index (χ1n) is 7.74. The summed E-state index contributed by atoms with van der Waals surface area (Å²) in [5.74, 6) is 0.869. The number of hydrogen-bond acceptors (Lipinski definition) is 4. The smallest absolute Gasteiger partial charge is 0.274 e. The van der Waals surface area contributed by atoms with Crippen molar-refractivity contribution in [2.24, 2.45) is 5.92 Å². The van der Waals surface area contributed by atoms with E-state index in [-0.39, 0.29) is 30.0 Å². The zero-order valence-corrected chi connectivity index (χ0v) is 13.3. The largest absolute Gasteiger partial charge is 0.497 e. The SMILES string of the molecule is COc1ccc([C@H]2C[C@H]2C(=O)NCc2ccccc2[N+](=O)[O-])cc1. The van der Waals surface area contributed by atoms with Crippen molar-refractivity contribution in [2.45, 2.75) is 18.9 Å². The van der Waals surface area contributed by atoms with Crippen LogP contribution in [0.4, 0.5) is 5.69 Å². The number of hydrogen-bond donors (Lipinski definition) is 1. The van der Waals surface area contributed by atoms with Gasteiger partial charge in [-0.2, -0.15) is 0 Å². The number of amides is 1. The van der Waals surface area contributed by atoms with Gasteiger partial charge in [-0.3, -0.25) is 14.9 Å². The summed E-state index contributed by atoms with van der Waals surface area (Å²) < 4.78 is 5.13. The number of ether oxygens (including phenoxy) is 1. The quantitative estimate of drug-likeness (QED) is 0.653. The Labute approximate surface area is 139 Å². The van der Waals surface area contributed by atoms with Gasteiger partial charge in [0.05, 0.1) is 12.0 Å². The highest BCUT2D eigenvalue weighted by atomic mass is 16.6. The minimum absolute atomic E-state index is 0.0281. The second-order valence-electron chi connectivity index (χ2n) is 5.83. The second kappa shape index (κ2) is 6.70. The standard InChI is InChI=1S/C18H18N2O4/c1-24-14-8-6-12(7-9-14)15-10-16(15)18(21)19-11-13-4-2-3-5-17(13)20(22)23/h2-9,15-16H,10-11H2,1H3,(H,19,21)/t15-,16-/m1/s1. The van der Waals surface area contributed by atoms with Crippen LogP contribution in [0.25, 0.3) is 0 Å². The minimum Gasteiger partial charge on any atom is -0.497 e. The molecule has 0 spiro atoms. The van der Waals surface area contributed by atoms with E-state index < -0.39 is 4.92 Å². The Hall–Kier alpha value is -2.89. The number of para-hydroxylation sites is 1. The number of methoxy groups -OCH3 is 1. The van der Waals surface area contributed by atoms with Crippen LogP contribution in [0.5, 0.6) is 5.75 Å².